The highest BCUT2D eigenvalue weighted by Gasteiger charge is 2.32. The largest absolute Gasteiger partial charge is 0.369 e. The molecule has 4 heteroatoms. The van der Waals surface area contributed by atoms with Gasteiger partial charge in [-0.3, -0.25) is 4.79 Å². The summed E-state index contributed by atoms with van der Waals surface area (Å²) in [6.45, 7) is 0. The normalized spacial score (nSPS) is 22.1. The third-order valence-corrected chi connectivity index (χ3v) is 4.44. The van der Waals surface area contributed by atoms with Crippen LogP contribution in [-0.4, -0.2) is 35.9 Å². The Labute approximate surface area is 118 Å². The second kappa shape index (κ2) is 4.94. The summed E-state index contributed by atoms with van der Waals surface area (Å²) in [7, 11) is 4.28. The maximum absolute atomic E-state index is 11.1. The number of rotatable bonds is 4. The lowest BCUT2D eigenvalue weighted by molar-refractivity contribution is -0.117. The van der Waals surface area contributed by atoms with Gasteiger partial charge < -0.3 is 15.6 Å². The van der Waals surface area contributed by atoms with Crippen molar-refractivity contribution in [3.05, 3.63) is 35.5 Å². The molecule has 1 aliphatic carbocycles. The van der Waals surface area contributed by atoms with Crippen molar-refractivity contribution >= 4 is 16.8 Å². The highest BCUT2D eigenvalue weighted by atomic mass is 16.1. The Morgan fingerprint density at radius 2 is 2.15 bits per heavy atom. The number of nitrogens with two attached hydrogens (primary N) is 1. The van der Waals surface area contributed by atoms with E-state index < -0.39 is 0 Å². The molecular formula is C16H21N3O. The minimum Gasteiger partial charge on any atom is -0.369 e. The summed E-state index contributed by atoms with van der Waals surface area (Å²) in [6, 6.07) is 6.81. The number of aromatic nitrogens is 1. The molecule has 1 aromatic heterocycles. The van der Waals surface area contributed by atoms with E-state index in [9.17, 15) is 4.79 Å². The predicted octanol–water partition coefficient (Wildman–Crippen LogP) is 2.00. The number of primary amides is 1. The van der Waals surface area contributed by atoms with E-state index in [-0.39, 0.29) is 5.91 Å². The molecule has 3 rings (SSSR count). The van der Waals surface area contributed by atoms with E-state index in [1.807, 2.05) is 12.1 Å². The first kappa shape index (κ1) is 13.2. The van der Waals surface area contributed by atoms with Gasteiger partial charge in [-0.25, -0.2) is 0 Å². The molecule has 0 saturated heterocycles. The molecule has 1 aliphatic rings. The van der Waals surface area contributed by atoms with Gasteiger partial charge in [0, 0.05) is 23.1 Å². The molecule has 3 N–H and O–H groups in total. The van der Waals surface area contributed by atoms with Crippen LogP contribution >= 0.6 is 0 Å². The molecule has 0 spiro atoms. The van der Waals surface area contributed by atoms with Gasteiger partial charge in [0.15, 0.2) is 0 Å². The van der Waals surface area contributed by atoms with Crippen LogP contribution in [0.25, 0.3) is 10.9 Å². The Morgan fingerprint density at radius 1 is 1.40 bits per heavy atom. The summed E-state index contributed by atoms with van der Waals surface area (Å²) in [5.41, 5.74) is 8.79. The number of aromatic amines is 1. The summed E-state index contributed by atoms with van der Waals surface area (Å²) < 4.78 is 0. The van der Waals surface area contributed by atoms with Crippen LogP contribution in [0, 0.1) is 0 Å². The topological polar surface area (TPSA) is 62.1 Å². The minimum atomic E-state index is -0.280. The van der Waals surface area contributed by atoms with Gasteiger partial charge in [-0.2, -0.15) is 0 Å². The molecule has 1 heterocycles. The molecule has 20 heavy (non-hydrogen) atoms. The molecular weight excluding hydrogens is 250 g/mol. The molecule has 0 radical (unpaired) electrons. The van der Waals surface area contributed by atoms with Gasteiger partial charge in [-0.05, 0) is 56.1 Å². The molecule has 106 valence electrons. The molecule has 0 aliphatic heterocycles. The quantitative estimate of drug-likeness (QED) is 0.893. The van der Waals surface area contributed by atoms with Crippen LogP contribution < -0.4 is 5.73 Å². The van der Waals surface area contributed by atoms with Crippen LogP contribution in [0.5, 0.6) is 0 Å². The van der Waals surface area contributed by atoms with E-state index in [2.05, 4.69) is 36.2 Å². The van der Waals surface area contributed by atoms with Gasteiger partial charge >= 0.3 is 0 Å². The number of benzene rings is 1. The smallest absolute Gasteiger partial charge is 0.221 e. The number of hydrogen-bond donors (Lipinski definition) is 2. The molecule has 2 aromatic rings. The van der Waals surface area contributed by atoms with Crippen LogP contribution in [0.1, 0.15) is 29.9 Å². The van der Waals surface area contributed by atoms with Crippen LogP contribution in [0.3, 0.4) is 0 Å². The van der Waals surface area contributed by atoms with E-state index in [1.54, 1.807) is 0 Å². The number of carbonyl (C=O) groups excluding carboxylic acids is 1. The molecule has 1 amide bonds. The summed E-state index contributed by atoms with van der Waals surface area (Å²) in [5, 5.41) is 1.24. The molecule has 1 fully saturated rings. The van der Waals surface area contributed by atoms with Crippen LogP contribution in [0.4, 0.5) is 0 Å². The van der Waals surface area contributed by atoms with E-state index in [4.69, 9.17) is 5.73 Å². The summed E-state index contributed by atoms with van der Waals surface area (Å²) in [5.74, 6) is 0.345. The molecule has 1 aromatic carbocycles. The third-order valence-electron chi connectivity index (χ3n) is 4.44. The van der Waals surface area contributed by atoms with Crippen LogP contribution in [-0.2, 0) is 11.2 Å². The fourth-order valence-corrected chi connectivity index (χ4v) is 3.10. The van der Waals surface area contributed by atoms with E-state index in [1.165, 1.54) is 23.8 Å². The molecule has 0 unspecified atom stereocenters. The number of hydrogen-bond acceptors (Lipinski definition) is 2. The lowest BCUT2D eigenvalue weighted by Crippen LogP contribution is -2.39. The standard InChI is InChI=1S/C16H21N3O/c1-19(2)12-7-11(8-12)14-9-18-15-4-3-10(5-13(14)15)6-16(17)20/h3-5,9,11-12,18H,6-8H2,1-2H3,(H2,17,20). The highest BCUT2D eigenvalue weighted by Crippen LogP contribution is 2.41. The fraction of sp³-hybridized carbons (Fsp3) is 0.438. The first-order valence-electron chi connectivity index (χ1n) is 7.09. The molecule has 4 nitrogen and oxygen atoms in total. The predicted molar refractivity (Wildman–Crippen MR) is 80.6 cm³/mol. The molecule has 0 bridgehead atoms. The van der Waals surface area contributed by atoms with Crippen molar-refractivity contribution in [2.45, 2.75) is 31.2 Å². The van der Waals surface area contributed by atoms with E-state index in [0.29, 0.717) is 18.4 Å². The minimum absolute atomic E-state index is 0.280. The number of H-pyrrole nitrogens is 1. The number of amides is 1. The molecule has 1 saturated carbocycles. The van der Waals surface area contributed by atoms with Gasteiger partial charge in [0.25, 0.3) is 0 Å². The van der Waals surface area contributed by atoms with Crippen molar-refractivity contribution in [3.63, 3.8) is 0 Å². The number of nitrogens with zero attached hydrogens (tertiary/aromatic N) is 1. The Hall–Kier alpha value is -1.81. The van der Waals surface area contributed by atoms with Crippen molar-refractivity contribution in [3.8, 4) is 0 Å². The first-order chi connectivity index (χ1) is 9.54. The van der Waals surface area contributed by atoms with Crippen molar-refractivity contribution in [1.82, 2.24) is 9.88 Å². The van der Waals surface area contributed by atoms with Gasteiger partial charge in [0.05, 0.1) is 6.42 Å². The Balaban J connectivity index is 1.86. The number of carbonyl (C=O) groups is 1. The Kier molecular flexibility index (Phi) is 3.26. The highest BCUT2D eigenvalue weighted by molar-refractivity contribution is 5.86. The zero-order chi connectivity index (χ0) is 14.3. The summed E-state index contributed by atoms with van der Waals surface area (Å²) >= 11 is 0. The monoisotopic (exact) mass is 271 g/mol. The van der Waals surface area contributed by atoms with Gasteiger partial charge in [0.2, 0.25) is 5.91 Å². The SMILES string of the molecule is CN(C)C1CC(c2c[nH]c3ccc(CC(N)=O)cc23)C1. The maximum Gasteiger partial charge on any atom is 0.221 e. The molecule has 0 atom stereocenters. The second-order valence-corrected chi connectivity index (χ2v) is 6.05. The van der Waals surface area contributed by atoms with Crippen LogP contribution in [0.15, 0.2) is 24.4 Å². The lowest BCUT2D eigenvalue weighted by Gasteiger charge is -2.39. The Morgan fingerprint density at radius 3 is 2.80 bits per heavy atom. The summed E-state index contributed by atoms with van der Waals surface area (Å²) in [6.07, 6.45) is 4.85. The van der Waals surface area contributed by atoms with Crippen molar-refractivity contribution in [2.75, 3.05) is 14.1 Å². The number of nitrogens with one attached hydrogen (secondary N) is 1. The van der Waals surface area contributed by atoms with Gasteiger partial charge in [-0.15, -0.1) is 0 Å². The Bertz CT molecular complexity index is 638. The van der Waals surface area contributed by atoms with E-state index in [0.717, 1.165) is 11.1 Å². The van der Waals surface area contributed by atoms with Crippen molar-refractivity contribution in [1.29, 1.82) is 0 Å². The van der Waals surface area contributed by atoms with Gasteiger partial charge in [0.1, 0.15) is 0 Å². The van der Waals surface area contributed by atoms with Gasteiger partial charge in [-0.1, -0.05) is 6.07 Å². The average molecular weight is 271 g/mol. The fourth-order valence-electron chi connectivity index (χ4n) is 3.10. The zero-order valence-electron chi connectivity index (χ0n) is 12.0. The van der Waals surface area contributed by atoms with Crippen molar-refractivity contribution in [2.24, 2.45) is 5.73 Å². The second-order valence-electron chi connectivity index (χ2n) is 6.05. The summed E-state index contributed by atoms with van der Waals surface area (Å²) in [4.78, 5) is 16.7. The first-order valence-corrected chi connectivity index (χ1v) is 7.09. The third kappa shape index (κ3) is 2.31. The van der Waals surface area contributed by atoms with Crippen LogP contribution in [0.2, 0.25) is 0 Å². The van der Waals surface area contributed by atoms with E-state index >= 15 is 0 Å². The lowest BCUT2D eigenvalue weighted by atomic mass is 9.75. The maximum atomic E-state index is 11.1. The zero-order valence-corrected chi connectivity index (χ0v) is 12.0. The van der Waals surface area contributed by atoms with Crippen molar-refractivity contribution < 1.29 is 4.79 Å². The number of fused-ring (bicyclic) bond motifs is 1. The average Bonchev–Trinajstić information content (AvgIpc) is 2.69.